The van der Waals surface area contributed by atoms with Gasteiger partial charge in [0.1, 0.15) is 5.76 Å². The molecule has 0 aliphatic carbocycles. The quantitative estimate of drug-likeness (QED) is 0.767. The number of piperazine rings is 1. The fourth-order valence-electron chi connectivity index (χ4n) is 2.09. The number of hydrogen-bond donors (Lipinski definition) is 0. The van der Waals surface area contributed by atoms with E-state index in [1.165, 1.54) is 39.1 Å². The Kier molecular flexibility index (Phi) is 3.96. The second-order valence-electron chi connectivity index (χ2n) is 4.68. The van der Waals surface area contributed by atoms with Crippen molar-refractivity contribution in [2.45, 2.75) is 19.8 Å². The van der Waals surface area contributed by atoms with E-state index >= 15 is 0 Å². The van der Waals surface area contributed by atoms with Crippen molar-refractivity contribution in [3.63, 3.8) is 0 Å². The normalized spacial score (nSPS) is 19.1. The standard InChI is InChI=1S/C12H21N3O/c1-11-10-12(13-16-11)4-3-5-15-8-6-14(2)7-9-15/h10H,3-9H2,1-2H3. The van der Waals surface area contributed by atoms with Gasteiger partial charge in [-0.1, -0.05) is 5.16 Å². The van der Waals surface area contributed by atoms with Gasteiger partial charge in [0.15, 0.2) is 0 Å². The smallest absolute Gasteiger partial charge is 0.133 e. The van der Waals surface area contributed by atoms with Gasteiger partial charge < -0.3 is 14.3 Å². The van der Waals surface area contributed by atoms with Crippen molar-refractivity contribution in [3.8, 4) is 0 Å². The van der Waals surface area contributed by atoms with Gasteiger partial charge >= 0.3 is 0 Å². The van der Waals surface area contributed by atoms with E-state index in [0.717, 1.165) is 17.9 Å². The maximum Gasteiger partial charge on any atom is 0.133 e. The fraction of sp³-hybridized carbons (Fsp3) is 0.750. The summed E-state index contributed by atoms with van der Waals surface area (Å²) in [6.45, 7) is 7.92. The van der Waals surface area contributed by atoms with Gasteiger partial charge in [-0.05, 0) is 33.4 Å². The zero-order valence-electron chi connectivity index (χ0n) is 10.3. The summed E-state index contributed by atoms with van der Waals surface area (Å²) in [5, 5.41) is 4.01. The fourth-order valence-corrected chi connectivity index (χ4v) is 2.09. The zero-order chi connectivity index (χ0) is 11.4. The van der Waals surface area contributed by atoms with Gasteiger partial charge in [-0.3, -0.25) is 0 Å². The summed E-state index contributed by atoms with van der Waals surface area (Å²) in [7, 11) is 2.19. The molecule has 1 aromatic rings. The Morgan fingerprint density at radius 1 is 1.31 bits per heavy atom. The maximum absolute atomic E-state index is 5.05. The van der Waals surface area contributed by atoms with E-state index in [0.29, 0.717) is 0 Å². The Hall–Kier alpha value is -0.870. The van der Waals surface area contributed by atoms with Crippen LogP contribution in [0.2, 0.25) is 0 Å². The monoisotopic (exact) mass is 223 g/mol. The molecule has 1 aromatic heterocycles. The van der Waals surface area contributed by atoms with E-state index in [-0.39, 0.29) is 0 Å². The number of aryl methyl sites for hydroxylation is 2. The molecule has 1 aliphatic heterocycles. The Bertz CT molecular complexity index is 316. The molecule has 0 radical (unpaired) electrons. The Morgan fingerprint density at radius 2 is 2.06 bits per heavy atom. The van der Waals surface area contributed by atoms with Crippen molar-refractivity contribution < 1.29 is 4.52 Å². The topological polar surface area (TPSA) is 32.5 Å². The summed E-state index contributed by atoms with van der Waals surface area (Å²) < 4.78 is 5.05. The van der Waals surface area contributed by atoms with E-state index < -0.39 is 0 Å². The predicted molar refractivity (Wildman–Crippen MR) is 63.5 cm³/mol. The van der Waals surface area contributed by atoms with Crippen LogP contribution in [0.1, 0.15) is 17.9 Å². The molecule has 90 valence electrons. The third kappa shape index (κ3) is 3.32. The highest BCUT2D eigenvalue weighted by molar-refractivity contribution is 5.03. The summed E-state index contributed by atoms with van der Waals surface area (Å²) in [4.78, 5) is 4.92. The van der Waals surface area contributed by atoms with E-state index in [9.17, 15) is 0 Å². The van der Waals surface area contributed by atoms with Gasteiger partial charge in [0.05, 0.1) is 5.69 Å². The molecular weight excluding hydrogens is 202 g/mol. The maximum atomic E-state index is 5.05. The summed E-state index contributed by atoms with van der Waals surface area (Å²) in [6.07, 6.45) is 2.21. The molecule has 0 bridgehead atoms. The second-order valence-corrected chi connectivity index (χ2v) is 4.68. The third-order valence-corrected chi connectivity index (χ3v) is 3.18. The molecule has 0 amide bonds. The molecule has 0 N–H and O–H groups in total. The number of likely N-dealkylation sites (N-methyl/N-ethyl adjacent to an activating group) is 1. The summed E-state index contributed by atoms with van der Waals surface area (Å²) in [5.41, 5.74) is 1.09. The van der Waals surface area contributed by atoms with Crippen LogP contribution in [0.15, 0.2) is 10.6 Å². The minimum absolute atomic E-state index is 0.912. The highest BCUT2D eigenvalue weighted by Gasteiger charge is 2.13. The summed E-state index contributed by atoms with van der Waals surface area (Å²) in [6, 6.07) is 2.03. The van der Waals surface area contributed by atoms with Gasteiger partial charge in [0.2, 0.25) is 0 Å². The van der Waals surface area contributed by atoms with Crippen LogP contribution in [-0.4, -0.2) is 54.7 Å². The highest BCUT2D eigenvalue weighted by atomic mass is 16.5. The molecule has 0 atom stereocenters. The number of nitrogens with zero attached hydrogens (tertiary/aromatic N) is 3. The van der Waals surface area contributed by atoms with Crippen LogP contribution in [0.4, 0.5) is 0 Å². The van der Waals surface area contributed by atoms with Crippen molar-refractivity contribution in [1.82, 2.24) is 15.0 Å². The molecule has 1 aliphatic rings. The molecule has 0 unspecified atom stereocenters. The molecule has 4 heteroatoms. The van der Waals surface area contributed by atoms with Gasteiger partial charge in [-0.25, -0.2) is 0 Å². The van der Waals surface area contributed by atoms with Crippen LogP contribution in [0.5, 0.6) is 0 Å². The first-order valence-electron chi connectivity index (χ1n) is 6.07. The molecule has 4 nitrogen and oxygen atoms in total. The summed E-state index contributed by atoms with van der Waals surface area (Å²) in [5.74, 6) is 0.912. The molecule has 2 rings (SSSR count). The predicted octanol–water partition coefficient (Wildman–Crippen LogP) is 1.16. The van der Waals surface area contributed by atoms with Gasteiger partial charge in [0.25, 0.3) is 0 Å². The lowest BCUT2D eigenvalue weighted by Gasteiger charge is -2.32. The summed E-state index contributed by atoms with van der Waals surface area (Å²) >= 11 is 0. The van der Waals surface area contributed by atoms with Crippen molar-refractivity contribution in [2.24, 2.45) is 0 Å². The van der Waals surface area contributed by atoms with Crippen molar-refractivity contribution in [3.05, 3.63) is 17.5 Å². The van der Waals surface area contributed by atoms with Crippen LogP contribution in [0.3, 0.4) is 0 Å². The van der Waals surface area contributed by atoms with Gasteiger partial charge in [-0.15, -0.1) is 0 Å². The average molecular weight is 223 g/mol. The average Bonchev–Trinajstić information content (AvgIpc) is 2.67. The first kappa shape index (κ1) is 11.6. The van der Waals surface area contributed by atoms with Crippen LogP contribution in [0.25, 0.3) is 0 Å². The first-order valence-corrected chi connectivity index (χ1v) is 6.07. The van der Waals surface area contributed by atoms with Crippen LogP contribution in [-0.2, 0) is 6.42 Å². The van der Waals surface area contributed by atoms with E-state index in [1.54, 1.807) is 0 Å². The second kappa shape index (κ2) is 5.46. The SMILES string of the molecule is Cc1cc(CCCN2CCN(C)CC2)no1. The largest absolute Gasteiger partial charge is 0.361 e. The zero-order valence-corrected chi connectivity index (χ0v) is 10.3. The van der Waals surface area contributed by atoms with E-state index in [4.69, 9.17) is 4.52 Å². The van der Waals surface area contributed by atoms with Crippen LogP contribution in [0, 0.1) is 6.92 Å². The lowest BCUT2D eigenvalue weighted by Crippen LogP contribution is -2.44. The number of aromatic nitrogens is 1. The molecule has 2 heterocycles. The third-order valence-electron chi connectivity index (χ3n) is 3.18. The van der Waals surface area contributed by atoms with Gasteiger partial charge in [0, 0.05) is 32.2 Å². The molecule has 16 heavy (non-hydrogen) atoms. The Morgan fingerprint density at radius 3 is 2.69 bits per heavy atom. The molecule has 1 saturated heterocycles. The molecule has 0 saturated carbocycles. The lowest BCUT2D eigenvalue weighted by molar-refractivity contribution is 0.153. The van der Waals surface area contributed by atoms with Crippen LogP contribution < -0.4 is 0 Å². The minimum Gasteiger partial charge on any atom is -0.361 e. The van der Waals surface area contributed by atoms with E-state index in [2.05, 4.69) is 22.0 Å². The van der Waals surface area contributed by atoms with Gasteiger partial charge in [-0.2, -0.15) is 0 Å². The van der Waals surface area contributed by atoms with Crippen molar-refractivity contribution >= 4 is 0 Å². The van der Waals surface area contributed by atoms with E-state index in [1.807, 2.05) is 13.0 Å². The minimum atomic E-state index is 0.912. The Balaban J connectivity index is 1.64. The van der Waals surface area contributed by atoms with Crippen LogP contribution >= 0.6 is 0 Å². The van der Waals surface area contributed by atoms with Crippen molar-refractivity contribution in [2.75, 3.05) is 39.8 Å². The first-order chi connectivity index (χ1) is 7.74. The molecule has 1 fully saturated rings. The van der Waals surface area contributed by atoms with Crippen molar-refractivity contribution in [1.29, 1.82) is 0 Å². The lowest BCUT2D eigenvalue weighted by atomic mass is 10.2. The molecule has 0 spiro atoms. The molecular formula is C12H21N3O. The number of rotatable bonds is 4. The Labute approximate surface area is 97.2 Å². The highest BCUT2D eigenvalue weighted by Crippen LogP contribution is 2.06. The molecule has 0 aromatic carbocycles. The number of hydrogen-bond acceptors (Lipinski definition) is 4.